The molecule has 0 aromatic heterocycles. The van der Waals surface area contributed by atoms with Gasteiger partial charge in [-0.15, -0.1) is 0 Å². The highest BCUT2D eigenvalue weighted by Gasteiger charge is 2.12. The Labute approximate surface area is 163 Å². The largest absolute Gasteiger partial charge is 0.493 e. The Bertz CT molecular complexity index is 852. The molecule has 2 rings (SSSR count). The molecular weight excluding hydrogens is 368 g/mol. The summed E-state index contributed by atoms with van der Waals surface area (Å²) in [6.45, 7) is -0.0969. The Morgan fingerprint density at radius 3 is 2.48 bits per heavy atom. The van der Waals surface area contributed by atoms with Gasteiger partial charge >= 0.3 is 0 Å². The standard InChI is InChI=1S/C20H21ClN2O4/c1-23(13-19(24)22-16-7-5-4-6-15(16)21)20(25)11-9-14-8-10-17(26-2)18(12-14)27-3/h4-12H,13H2,1-3H3,(H,22,24)/b11-9+. The van der Waals surface area contributed by atoms with E-state index < -0.39 is 0 Å². The molecule has 0 bridgehead atoms. The fourth-order valence-corrected chi connectivity index (χ4v) is 2.48. The number of nitrogens with zero attached hydrogens (tertiary/aromatic N) is 1. The lowest BCUT2D eigenvalue weighted by molar-refractivity contribution is -0.129. The highest BCUT2D eigenvalue weighted by atomic mass is 35.5. The maximum atomic E-state index is 12.2. The molecule has 1 N–H and O–H groups in total. The first-order valence-electron chi connectivity index (χ1n) is 8.14. The van der Waals surface area contributed by atoms with Crippen LogP contribution in [0.5, 0.6) is 11.5 Å². The van der Waals surface area contributed by atoms with Gasteiger partial charge in [-0.05, 0) is 35.9 Å². The van der Waals surface area contributed by atoms with Crippen molar-refractivity contribution in [2.45, 2.75) is 0 Å². The number of para-hydroxylation sites is 1. The van der Waals surface area contributed by atoms with Crippen molar-refractivity contribution in [3.63, 3.8) is 0 Å². The highest BCUT2D eigenvalue weighted by Crippen LogP contribution is 2.28. The summed E-state index contributed by atoms with van der Waals surface area (Å²) in [6, 6.07) is 12.2. The molecule has 0 saturated heterocycles. The first-order chi connectivity index (χ1) is 12.9. The second-order valence-electron chi connectivity index (χ2n) is 5.67. The quantitative estimate of drug-likeness (QED) is 0.737. The van der Waals surface area contributed by atoms with E-state index in [9.17, 15) is 9.59 Å². The van der Waals surface area contributed by atoms with Crippen LogP contribution in [0.4, 0.5) is 5.69 Å². The lowest BCUT2D eigenvalue weighted by atomic mass is 10.2. The summed E-state index contributed by atoms with van der Waals surface area (Å²) in [6.07, 6.45) is 3.04. The van der Waals surface area contributed by atoms with E-state index in [2.05, 4.69) is 5.32 Å². The maximum absolute atomic E-state index is 12.2. The first-order valence-corrected chi connectivity index (χ1v) is 8.52. The van der Waals surface area contributed by atoms with E-state index in [0.717, 1.165) is 5.56 Å². The fraction of sp³-hybridized carbons (Fsp3) is 0.200. The summed E-state index contributed by atoms with van der Waals surface area (Å²) in [7, 11) is 4.65. The van der Waals surface area contributed by atoms with Gasteiger partial charge < -0.3 is 19.7 Å². The lowest BCUT2D eigenvalue weighted by Gasteiger charge is -2.15. The number of carbonyl (C=O) groups is 2. The summed E-state index contributed by atoms with van der Waals surface area (Å²) in [5.74, 6) is 0.534. The van der Waals surface area contributed by atoms with Crippen LogP contribution in [0.25, 0.3) is 6.08 Å². The van der Waals surface area contributed by atoms with Crippen molar-refractivity contribution < 1.29 is 19.1 Å². The molecule has 0 heterocycles. The second kappa shape index (κ2) is 9.64. The summed E-state index contributed by atoms with van der Waals surface area (Å²) in [5, 5.41) is 3.12. The molecule has 0 fully saturated rings. The Morgan fingerprint density at radius 1 is 1.11 bits per heavy atom. The van der Waals surface area contributed by atoms with Crippen molar-refractivity contribution in [1.29, 1.82) is 0 Å². The van der Waals surface area contributed by atoms with Crippen LogP contribution >= 0.6 is 11.6 Å². The molecule has 6 nitrogen and oxygen atoms in total. The van der Waals surface area contributed by atoms with Gasteiger partial charge in [0, 0.05) is 13.1 Å². The van der Waals surface area contributed by atoms with Crippen LogP contribution in [0.2, 0.25) is 5.02 Å². The summed E-state index contributed by atoms with van der Waals surface area (Å²) in [4.78, 5) is 25.6. The minimum Gasteiger partial charge on any atom is -0.493 e. The maximum Gasteiger partial charge on any atom is 0.246 e. The van der Waals surface area contributed by atoms with E-state index in [1.165, 1.54) is 11.0 Å². The summed E-state index contributed by atoms with van der Waals surface area (Å²) < 4.78 is 10.4. The van der Waals surface area contributed by atoms with Crippen molar-refractivity contribution in [1.82, 2.24) is 4.90 Å². The Kier molecular flexibility index (Phi) is 7.25. The lowest BCUT2D eigenvalue weighted by Crippen LogP contribution is -2.33. The van der Waals surface area contributed by atoms with Gasteiger partial charge in [0.1, 0.15) is 0 Å². The molecule has 0 unspecified atom stereocenters. The molecule has 0 radical (unpaired) electrons. The van der Waals surface area contributed by atoms with Gasteiger partial charge in [0.15, 0.2) is 11.5 Å². The zero-order valence-electron chi connectivity index (χ0n) is 15.4. The van der Waals surface area contributed by atoms with Crippen LogP contribution in [0.15, 0.2) is 48.5 Å². The van der Waals surface area contributed by atoms with Crippen LogP contribution in [0.1, 0.15) is 5.56 Å². The van der Waals surface area contributed by atoms with E-state index >= 15 is 0 Å². The predicted molar refractivity (Wildman–Crippen MR) is 106 cm³/mol. The van der Waals surface area contributed by atoms with Crippen LogP contribution in [0.3, 0.4) is 0 Å². The van der Waals surface area contributed by atoms with Crippen LogP contribution in [-0.2, 0) is 9.59 Å². The number of nitrogens with one attached hydrogen (secondary N) is 1. The van der Waals surface area contributed by atoms with E-state index in [1.54, 1.807) is 69.8 Å². The third-order valence-corrected chi connectivity index (χ3v) is 4.06. The van der Waals surface area contributed by atoms with Crippen molar-refractivity contribution in [2.24, 2.45) is 0 Å². The molecule has 0 saturated carbocycles. The highest BCUT2D eigenvalue weighted by molar-refractivity contribution is 6.33. The molecule has 2 amide bonds. The fourth-order valence-electron chi connectivity index (χ4n) is 2.30. The molecule has 27 heavy (non-hydrogen) atoms. The third-order valence-electron chi connectivity index (χ3n) is 3.73. The number of benzene rings is 2. The predicted octanol–water partition coefficient (Wildman–Crippen LogP) is 3.47. The molecule has 0 aliphatic heterocycles. The Balaban J connectivity index is 1.96. The first kappa shape index (κ1) is 20.3. The molecule has 142 valence electrons. The Hall–Kier alpha value is -2.99. The molecule has 7 heteroatoms. The van der Waals surface area contributed by atoms with Gasteiger partial charge in [-0.25, -0.2) is 0 Å². The number of hydrogen-bond acceptors (Lipinski definition) is 4. The molecule has 0 aliphatic carbocycles. The minimum absolute atomic E-state index is 0.0969. The smallest absolute Gasteiger partial charge is 0.246 e. The van der Waals surface area contributed by atoms with Gasteiger partial charge in [0.2, 0.25) is 11.8 Å². The second-order valence-corrected chi connectivity index (χ2v) is 6.08. The van der Waals surface area contributed by atoms with Crippen molar-refractivity contribution in [3.8, 4) is 11.5 Å². The molecular formula is C20H21ClN2O4. The summed E-state index contributed by atoms with van der Waals surface area (Å²) >= 11 is 6.01. The zero-order valence-corrected chi connectivity index (χ0v) is 16.1. The van der Waals surface area contributed by atoms with E-state index in [4.69, 9.17) is 21.1 Å². The third kappa shape index (κ3) is 5.76. The van der Waals surface area contributed by atoms with Crippen molar-refractivity contribution in [3.05, 3.63) is 59.1 Å². The van der Waals surface area contributed by atoms with Crippen molar-refractivity contribution in [2.75, 3.05) is 33.1 Å². The van der Waals surface area contributed by atoms with Crippen LogP contribution in [-0.4, -0.2) is 44.5 Å². The van der Waals surface area contributed by atoms with Crippen molar-refractivity contribution >= 4 is 35.2 Å². The molecule has 0 spiro atoms. The number of anilines is 1. The monoisotopic (exact) mass is 388 g/mol. The SMILES string of the molecule is COc1ccc(/C=C/C(=O)N(C)CC(=O)Nc2ccccc2Cl)cc1OC. The van der Waals surface area contributed by atoms with Crippen LogP contribution < -0.4 is 14.8 Å². The number of likely N-dealkylation sites (N-methyl/N-ethyl adjacent to an activating group) is 1. The Morgan fingerprint density at radius 2 is 1.81 bits per heavy atom. The normalized spacial score (nSPS) is 10.5. The number of rotatable bonds is 7. The number of ether oxygens (including phenoxy) is 2. The average molecular weight is 389 g/mol. The van der Waals surface area contributed by atoms with E-state index in [-0.39, 0.29) is 18.4 Å². The minimum atomic E-state index is -0.335. The molecule has 0 aliphatic rings. The summed E-state index contributed by atoms with van der Waals surface area (Å²) in [5.41, 5.74) is 1.28. The molecule has 2 aromatic carbocycles. The number of halogens is 1. The van der Waals surface area contributed by atoms with Gasteiger partial charge in [-0.1, -0.05) is 29.8 Å². The number of methoxy groups -OCH3 is 2. The zero-order chi connectivity index (χ0) is 19.8. The van der Waals surface area contributed by atoms with Gasteiger partial charge in [-0.3, -0.25) is 9.59 Å². The van der Waals surface area contributed by atoms with Gasteiger partial charge in [-0.2, -0.15) is 0 Å². The number of hydrogen-bond donors (Lipinski definition) is 1. The van der Waals surface area contributed by atoms with E-state index in [1.807, 2.05) is 0 Å². The van der Waals surface area contributed by atoms with Gasteiger partial charge in [0.05, 0.1) is 31.5 Å². The topological polar surface area (TPSA) is 67.9 Å². The van der Waals surface area contributed by atoms with Crippen LogP contribution in [0, 0.1) is 0 Å². The van der Waals surface area contributed by atoms with Gasteiger partial charge in [0.25, 0.3) is 0 Å². The molecule has 0 atom stereocenters. The average Bonchev–Trinajstić information content (AvgIpc) is 2.67. The number of amides is 2. The molecule has 2 aromatic rings. The number of carbonyl (C=O) groups excluding carboxylic acids is 2. The van der Waals surface area contributed by atoms with E-state index in [0.29, 0.717) is 22.2 Å².